The van der Waals surface area contributed by atoms with Gasteiger partial charge in [0, 0.05) is 6.42 Å². The van der Waals surface area contributed by atoms with Crippen LogP contribution in [0.4, 0.5) is 0 Å². The van der Waals surface area contributed by atoms with Gasteiger partial charge in [-0.25, -0.2) is 0 Å². The van der Waals surface area contributed by atoms with E-state index in [-0.39, 0.29) is 6.10 Å². The van der Waals surface area contributed by atoms with E-state index in [2.05, 4.69) is 19.0 Å². The summed E-state index contributed by atoms with van der Waals surface area (Å²) < 4.78 is 5.12. The molecule has 0 bridgehead atoms. The van der Waals surface area contributed by atoms with E-state index in [1.807, 2.05) is 24.3 Å². The van der Waals surface area contributed by atoms with E-state index >= 15 is 0 Å². The van der Waals surface area contributed by atoms with Gasteiger partial charge in [-0.3, -0.25) is 0 Å². The lowest BCUT2D eigenvalue weighted by Crippen LogP contribution is -2.15. The second kappa shape index (κ2) is 4.56. The summed E-state index contributed by atoms with van der Waals surface area (Å²) in [6.45, 7) is 4.30. The summed E-state index contributed by atoms with van der Waals surface area (Å²) in [5, 5.41) is 4.14. The molecule has 1 heterocycles. The Hall–Kier alpha value is -1.51. The molecule has 0 fully saturated rings. The van der Waals surface area contributed by atoms with Gasteiger partial charge in [-0.05, 0) is 35.7 Å². The van der Waals surface area contributed by atoms with Gasteiger partial charge in [0.05, 0.1) is 12.8 Å². The molecule has 1 aromatic carbocycles. The summed E-state index contributed by atoms with van der Waals surface area (Å²) in [5.74, 6) is 1.36. The summed E-state index contributed by atoms with van der Waals surface area (Å²) in [4.78, 5) is 5.39. The number of benzene rings is 1. The van der Waals surface area contributed by atoms with E-state index in [0.717, 1.165) is 23.4 Å². The molecule has 1 aromatic rings. The summed E-state index contributed by atoms with van der Waals surface area (Å²) in [6.07, 6.45) is 1.11. The van der Waals surface area contributed by atoms with Crippen LogP contribution in [0.2, 0.25) is 0 Å². The molecule has 1 aliphatic heterocycles. The van der Waals surface area contributed by atoms with Crippen molar-refractivity contribution < 1.29 is 9.57 Å². The first-order valence-electron chi connectivity index (χ1n) is 5.58. The molecule has 0 amide bonds. The van der Waals surface area contributed by atoms with Gasteiger partial charge in [0.1, 0.15) is 11.9 Å². The molecule has 0 aliphatic carbocycles. The quantitative estimate of drug-likeness (QED) is 0.782. The van der Waals surface area contributed by atoms with Gasteiger partial charge in [-0.1, -0.05) is 19.0 Å². The lowest BCUT2D eigenvalue weighted by molar-refractivity contribution is 0.0521. The molecule has 0 aromatic heterocycles. The molecule has 1 unspecified atom stereocenters. The molecule has 1 aliphatic rings. The summed E-state index contributed by atoms with van der Waals surface area (Å²) in [7, 11) is 1.67. The van der Waals surface area contributed by atoms with E-state index < -0.39 is 0 Å². The normalized spacial score (nSPS) is 19.5. The zero-order valence-electron chi connectivity index (χ0n) is 9.93. The van der Waals surface area contributed by atoms with Crippen molar-refractivity contribution in [3.8, 4) is 5.75 Å². The van der Waals surface area contributed by atoms with Crippen LogP contribution in [0, 0.1) is 5.92 Å². The highest BCUT2D eigenvalue weighted by atomic mass is 16.6. The second-order valence-electron chi connectivity index (χ2n) is 4.36. The molecule has 1 atom stereocenters. The van der Waals surface area contributed by atoms with Crippen molar-refractivity contribution in [2.45, 2.75) is 26.4 Å². The highest BCUT2D eigenvalue weighted by Crippen LogP contribution is 2.23. The Bertz CT molecular complexity index is 381. The van der Waals surface area contributed by atoms with Crippen LogP contribution in [-0.4, -0.2) is 18.9 Å². The fourth-order valence-corrected chi connectivity index (χ4v) is 1.71. The first-order valence-corrected chi connectivity index (χ1v) is 5.58. The zero-order chi connectivity index (χ0) is 11.5. The molecule has 3 nitrogen and oxygen atoms in total. The van der Waals surface area contributed by atoms with E-state index in [1.165, 1.54) is 0 Å². The largest absolute Gasteiger partial charge is 0.497 e. The van der Waals surface area contributed by atoms with Crippen molar-refractivity contribution in [1.82, 2.24) is 0 Å². The second-order valence-corrected chi connectivity index (χ2v) is 4.36. The Morgan fingerprint density at radius 3 is 2.50 bits per heavy atom. The van der Waals surface area contributed by atoms with Crippen LogP contribution < -0.4 is 4.74 Å². The predicted octanol–water partition coefficient (Wildman–Crippen LogP) is 2.84. The SMILES string of the molecule is COc1ccc(C2=NOC(C(C)C)C2)cc1. The molecular formula is C13H17NO2. The molecule has 0 saturated carbocycles. The van der Waals surface area contributed by atoms with Crippen LogP contribution in [-0.2, 0) is 4.84 Å². The smallest absolute Gasteiger partial charge is 0.135 e. The van der Waals surface area contributed by atoms with Gasteiger partial charge in [-0.15, -0.1) is 0 Å². The van der Waals surface area contributed by atoms with Gasteiger partial charge in [0.15, 0.2) is 0 Å². The van der Waals surface area contributed by atoms with Crippen molar-refractivity contribution in [3.63, 3.8) is 0 Å². The highest BCUT2D eigenvalue weighted by Gasteiger charge is 2.24. The predicted molar refractivity (Wildman–Crippen MR) is 63.9 cm³/mol. The van der Waals surface area contributed by atoms with Crippen LogP contribution >= 0.6 is 0 Å². The molecule has 86 valence electrons. The Labute approximate surface area is 96.1 Å². The third-order valence-corrected chi connectivity index (χ3v) is 2.86. The average molecular weight is 219 g/mol. The Balaban J connectivity index is 2.08. The number of oxime groups is 1. The van der Waals surface area contributed by atoms with Crippen LogP contribution in [0.15, 0.2) is 29.4 Å². The fourth-order valence-electron chi connectivity index (χ4n) is 1.71. The van der Waals surface area contributed by atoms with Crippen molar-refractivity contribution in [1.29, 1.82) is 0 Å². The monoisotopic (exact) mass is 219 g/mol. The van der Waals surface area contributed by atoms with Crippen molar-refractivity contribution in [3.05, 3.63) is 29.8 Å². The molecule has 0 spiro atoms. The maximum absolute atomic E-state index is 5.39. The summed E-state index contributed by atoms with van der Waals surface area (Å²) in [5.41, 5.74) is 2.14. The number of hydrogen-bond acceptors (Lipinski definition) is 3. The van der Waals surface area contributed by atoms with Crippen LogP contribution in [0.5, 0.6) is 5.75 Å². The summed E-state index contributed by atoms with van der Waals surface area (Å²) in [6, 6.07) is 7.93. The van der Waals surface area contributed by atoms with Gasteiger partial charge < -0.3 is 9.57 Å². The minimum atomic E-state index is 0.220. The topological polar surface area (TPSA) is 30.8 Å². The highest BCUT2D eigenvalue weighted by molar-refractivity contribution is 6.01. The van der Waals surface area contributed by atoms with Crippen molar-refractivity contribution in [2.75, 3.05) is 7.11 Å². The number of methoxy groups -OCH3 is 1. The van der Waals surface area contributed by atoms with E-state index in [9.17, 15) is 0 Å². The number of hydrogen-bond donors (Lipinski definition) is 0. The maximum atomic E-state index is 5.39. The van der Waals surface area contributed by atoms with Crippen molar-refractivity contribution >= 4 is 5.71 Å². The van der Waals surface area contributed by atoms with Gasteiger partial charge in [0.25, 0.3) is 0 Å². The molecule has 2 rings (SSSR count). The number of nitrogens with zero attached hydrogens (tertiary/aromatic N) is 1. The maximum Gasteiger partial charge on any atom is 0.135 e. The first kappa shape index (κ1) is 11.0. The van der Waals surface area contributed by atoms with Crippen molar-refractivity contribution in [2.24, 2.45) is 11.1 Å². The standard InChI is InChI=1S/C13H17NO2/c1-9(2)13-8-12(14-16-13)10-4-6-11(15-3)7-5-10/h4-7,9,13H,8H2,1-3H3. The lowest BCUT2D eigenvalue weighted by atomic mass is 9.98. The average Bonchev–Trinajstić information content (AvgIpc) is 2.78. The molecule has 16 heavy (non-hydrogen) atoms. The number of ether oxygens (including phenoxy) is 1. The van der Waals surface area contributed by atoms with E-state index in [4.69, 9.17) is 9.57 Å². The fraction of sp³-hybridized carbons (Fsp3) is 0.462. The Morgan fingerprint density at radius 2 is 2.00 bits per heavy atom. The molecule has 0 N–H and O–H groups in total. The third kappa shape index (κ3) is 2.18. The lowest BCUT2D eigenvalue weighted by Gasteiger charge is -2.10. The minimum absolute atomic E-state index is 0.220. The molecule has 0 saturated heterocycles. The molecule has 3 heteroatoms. The molecular weight excluding hydrogens is 202 g/mol. The Morgan fingerprint density at radius 1 is 1.31 bits per heavy atom. The van der Waals surface area contributed by atoms with Crippen LogP contribution in [0.1, 0.15) is 25.8 Å². The number of rotatable bonds is 3. The van der Waals surface area contributed by atoms with E-state index in [1.54, 1.807) is 7.11 Å². The van der Waals surface area contributed by atoms with Crippen LogP contribution in [0.3, 0.4) is 0 Å². The zero-order valence-corrected chi connectivity index (χ0v) is 9.93. The minimum Gasteiger partial charge on any atom is -0.497 e. The van der Waals surface area contributed by atoms with Gasteiger partial charge >= 0.3 is 0 Å². The third-order valence-electron chi connectivity index (χ3n) is 2.86. The van der Waals surface area contributed by atoms with E-state index in [0.29, 0.717) is 5.92 Å². The summed E-state index contributed by atoms with van der Waals surface area (Å²) >= 11 is 0. The molecule has 0 radical (unpaired) electrons. The van der Waals surface area contributed by atoms with Gasteiger partial charge in [-0.2, -0.15) is 0 Å². The Kier molecular flexibility index (Phi) is 3.13. The van der Waals surface area contributed by atoms with Crippen LogP contribution in [0.25, 0.3) is 0 Å². The first-order chi connectivity index (χ1) is 7.70. The van der Waals surface area contributed by atoms with Gasteiger partial charge in [0.2, 0.25) is 0 Å².